The van der Waals surface area contributed by atoms with Crippen LogP contribution in [0.5, 0.6) is 0 Å². The van der Waals surface area contributed by atoms with Crippen LogP contribution in [0.1, 0.15) is 58.8 Å². The highest BCUT2D eigenvalue weighted by Gasteiger charge is 2.55. The Hall–Kier alpha value is -0.610. The average molecular weight is 293 g/mol. The molecule has 3 fully saturated rings. The number of amides is 1. The lowest BCUT2D eigenvalue weighted by Crippen LogP contribution is -2.59. The summed E-state index contributed by atoms with van der Waals surface area (Å²) in [5, 5.41) is 3.73. The minimum atomic E-state index is -0.230. The highest BCUT2D eigenvalue weighted by molar-refractivity contribution is 5.89. The molecule has 0 aromatic carbocycles. The Bertz CT molecular complexity index is 408. The summed E-state index contributed by atoms with van der Waals surface area (Å²) in [5.41, 5.74) is -0.0131. The van der Waals surface area contributed by atoms with E-state index in [2.05, 4.69) is 43.1 Å². The molecular weight excluding hydrogens is 262 g/mol. The lowest BCUT2D eigenvalue weighted by molar-refractivity contribution is -0.136. The average Bonchev–Trinajstić information content (AvgIpc) is 2.93. The van der Waals surface area contributed by atoms with E-state index in [0.717, 1.165) is 19.4 Å². The van der Waals surface area contributed by atoms with Gasteiger partial charge in [0.05, 0.1) is 11.7 Å². The van der Waals surface area contributed by atoms with Gasteiger partial charge in [-0.15, -0.1) is 0 Å². The van der Waals surface area contributed by atoms with Crippen LogP contribution in [0.2, 0.25) is 0 Å². The minimum Gasteiger partial charge on any atom is -0.323 e. The van der Waals surface area contributed by atoms with Crippen molar-refractivity contribution in [3.05, 3.63) is 0 Å². The van der Waals surface area contributed by atoms with Crippen LogP contribution in [0.25, 0.3) is 0 Å². The molecule has 1 amide bonds. The third-order valence-electron chi connectivity index (χ3n) is 6.22. The SMILES string of the molecule is CC(C)C1NC2(CCCC2)C(=O)N1CC1(N(C)C)CCC1. The van der Waals surface area contributed by atoms with Crippen molar-refractivity contribution < 1.29 is 4.79 Å². The number of nitrogens with one attached hydrogen (secondary N) is 1. The lowest BCUT2D eigenvalue weighted by atomic mass is 9.75. The van der Waals surface area contributed by atoms with Crippen molar-refractivity contribution >= 4 is 5.91 Å². The maximum atomic E-state index is 13.1. The van der Waals surface area contributed by atoms with Crippen molar-refractivity contribution in [3.63, 3.8) is 0 Å². The third kappa shape index (κ3) is 2.31. The fourth-order valence-electron chi connectivity index (χ4n) is 4.51. The number of rotatable bonds is 4. The molecule has 3 rings (SSSR count). The van der Waals surface area contributed by atoms with Gasteiger partial charge in [-0.2, -0.15) is 0 Å². The van der Waals surface area contributed by atoms with Gasteiger partial charge in [-0.05, 0) is 52.1 Å². The van der Waals surface area contributed by atoms with E-state index in [1.807, 2.05) is 0 Å². The second-order valence-electron chi connectivity index (χ2n) is 8.03. The predicted octanol–water partition coefficient (Wildman–Crippen LogP) is 2.20. The van der Waals surface area contributed by atoms with E-state index in [1.54, 1.807) is 0 Å². The second kappa shape index (κ2) is 5.24. The zero-order valence-electron chi connectivity index (χ0n) is 14.1. The van der Waals surface area contributed by atoms with Gasteiger partial charge in [0.15, 0.2) is 0 Å². The topological polar surface area (TPSA) is 35.6 Å². The fraction of sp³-hybridized carbons (Fsp3) is 0.941. The van der Waals surface area contributed by atoms with Crippen LogP contribution in [0.3, 0.4) is 0 Å². The number of carbonyl (C=O) groups excluding carboxylic acids is 1. The van der Waals surface area contributed by atoms with Crippen LogP contribution in [-0.4, -0.2) is 53.6 Å². The van der Waals surface area contributed by atoms with Gasteiger partial charge in [-0.25, -0.2) is 0 Å². The van der Waals surface area contributed by atoms with Crippen molar-refractivity contribution in [3.8, 4) is 0 Å². The Morgan fingerprint density at radius 1 is 1.19 bits per heavy atom. The molecule has 21 heavy (non-hydrogen) atoms. The van der Waals surface area contributed by atoms with Gasteiger partial charge < -0.3 is 9.80 Å². The largest absolute Gasteiger partial charge is 0.323 e. The molecule has 0 radical (unpaired) electrons. The van der Waals surface area contributed by atoms with Gasteiger partial charge in [-0.1, -0.05) is 26.7 Å². The summed E-state index contributed by atoms with van der Waals surface area (Å²) in [6.07, 6.45) is 8.40. The molecule has 1 saturated heterocycles. The Morgan fingerprint density at radius 3 is 2.24 bits per heavy atom. The van der Waals surface area contributed by atoms with Gasteiger partial charge in [0.25, 0.3) is 0 Å². The molecule has 2 saturated carbocycles. The molecule has 1 unspecified atom stereocenters. The Morgan fingerprint density at radius 2 is 1.81 bits per heavy atom. The molecule has 4 heteroatoms. The van der Waals surface area contributed by atoms with E-state index in [1.165, 1.54) is 32.1 Å². The minimum absolute atomic E-state index is 0.216. The van der Waals surface area contributed by atoms with Crippen LogP contribution in [0.15, 0.2) is 0 Å². The van der Waals surface area contributed by atoms with E-state index in [0.29, 0.717) is 11.8 Å². The molecular formula is C17H31N3O. The molecule has 4 nitrogen and oxygen atoms in total. The van der Waals surface area contributed by atoms with Crippen molar-refractivity contribution in [1.82, 2.24) is 15.1 Å². The molecule has 0 aromatic rings. The third-order valence-corrected chi connectivity index (χ3v) is 6.22. The summed E-state index contributed by atoms with van der Waals surface area (Å²) in [5.74, 6) is 0.847. The molecule has 0 aromatic heterocycles. The van der Waals surface area contributed by atoms with Crippen molar-refractivity contribution in [2.45, 2.75) is 76.0 Å². The van der Waals surface area contributed by atoms with Crippen LogP contribution >= 0.6 is 0 Å². The Kier molecular flexibility index (Phi) is 3.81. The highest BCUT2D eigenvalue weighted by atomic mass is 16.2. The lowest BCUT2D eigenvalue weighted by Gasteiger charge is -2.50. The molecule has 1 aliphatic heterocycles. The van der Waals surface area contributed by atoms with Gasteiger partial charge in [-0.3, -0.25) is 10.1 Å². The summed E-state index contributed by atoms with van der Waals surface area (Å²) < 4.78 is 0. The standard InChI is InChI=1S/C17H31N3O/c1-13(2)14-18-17(10-5-6-11-17)15(21)20(14)12-16(19(3)4)8-7-9-16/h13-14,18H,5-12H2,1-4H3. The van der Waals surface area contributed by atoms with Crippen LogP contribution in [0, 0.1) is 5.92 Å². The number of likely N-dealkylation sites (N-methyl/N-ethyl adjacent to an activating group) is 1. The van der Waals surface area contributed by atoms with E-state index in [4.69, 9.17) is 0 Å². The fourth-order valence-corrected chi connectivity index (χ4v) is 4.51. The maximum absolute atomic E-state index is 13.1. The predicted molar refractivity (Wildman–Crippen MR) is 84.9 cm³/mol. The van der Waals surface area contributed by atoms with Crippen LogP contribution in [-0.2, 0) is 4.79 Å². The molecule has 0 bridgehead atoms. The van der Waals surface area contributed by atoms with Crippen molar-refractivity contribution in [2.75, 3.05) is 20.6 Å². The normalized spacial score (nSPS) is 30.7. The summed E-state index contributed by atoms with van der Waals surface area (Å²) in [4.78, 5) is 17.7. The maximum Gasteiger partial charge on any atom is 0.244 e. The van der Waals surface area contributed by atoms with Gasteiger partial charge in [0, 0.05) is 12.1 Å². The number of hydrogen-bond acceptors (Lipinski definition) is 3. The first kappa shape index (κ1) is 15.3. The summed E-state index contributed by atoms with van der Waals surface area (Å²) in [7, 11) is 4.34. The zero-order chi connectivity index (χ0) is 15.3. The summed E-state index contributed by atoms with van der Waals surface area (Å²) in [6.45, 7) is 5.36. The highest BCUT2D eigenvalue weighted by Crippen LogP contribution is 2.42. The Balaban J connectivity index is 1.83. The van der Waals surface area contributed by atoms with Gasteiger partial charge in [0.1, 0.15) is 0 Å². The van der Waals surface area contributed by atoms with Crippen LogP contribution in [0.4, 0.5) is 0 Å². The first-order valence-electron chi connectivity index (χ1n) is 8.66. The van der Waals surface area contributed by atoms with Gasteiger partial charge in [0.2, 0.25) is 5.91 Å². The summed E-state index contributed by atoms with van der Waals surface area (Å²) in [6, 6.07) is 0. The quantitative estimate of drug-likeness (QED) is 0.863. The molecule has 2 aliphatic carbocycles. The monoisotopic (exact) mass is 293 g/mol. The number of nitrogens with zero attached hydrogens (tertiary/aromatic N) is 2. The van der Waals surface area contributed by atoms with Crippen LogP contribution < -0.4 is 5.32 Å². The van der Waals surface area contributed by atoms with E-state index in [-0.39, 0.29) is 17.2 Å². The second-order valence-corrected chi connectivity index (χ2v) is 8.03. The Labute approximate surface area is 129 Å². The summed E-state index contributed by atoms with van der Waals surface area (Å²) >= 11 is 0. The van der Waals surface area contributed by atoms with Crippen molar-refractivity contribution in [1.29, 1.82) is 0 Å². The number of carbonyl (C=O) groups is 1. The molecule has 1 atom stereocenters. The first-order valence-corrected chi connectivity index (χ1v) is 8.66. The molecule has 3 aliphatic rings. The molecule has 120 valence electrons. The smallest absolute Gasteiger partial charge is 0.244 e. The number of hydrogen-bond donors (Lipinski definition) is 1. The van der Waals surface area contributed by atoms with Gasteiger partial charge >= 0.3 is 0 Å². The van der Waals surface area contributed by atoms with Crippen molar-refractivity contribution in [2.24, 2.45) is 5.92 Å². The first-order chi connectivity index (χ1) is 9.90. The van der Waals surface area contributed by atoms with E-state index < -0.39 is 0 Å². The zero-order valence-corrected chi connectivity index (χ0v) is 14.1. The van der Waals surface area contributed by atoms with E-state index >= 15 is 0 Å². The van der Waals surface area contributed by atoms with E-state index in [9.17, 15) is 4.79 Å². The molecule has 1 spiro atoms. The molecule has 1 N–H and O–H groups in total. The molecule has 1 heterocycles.